The molecule has 0 fully saturated rings. The van der Waals surface area contributed by atoms with Gasteiger partial charge in [-0.05, 0) is 18.1 Å². The second-order valence-corrected chi connectivity index (χ2v) is 4.84. The Kier molecular flexibility index (Phi) is 3.74. The molecule has 3 nitrogen and oxygen atoms in total. The highest BCUT2D eigenvalue weighted by atomic mass is 35.5. The quantitative estimate of drug-likeness (QED) is 0.900. The molecule has 1 aromatic carbocycles. The molecular formula is C12H12ClFN2O. The van der Waals surface area contributed by atoms with E-state index < -0.39 is 17.1 Å². The number of nitrogens with zero attached hydrogens (tertiary/aromatic N) is 1. The molecule has 0 aliphatic heterocycles. The summed E-state index contributed by atoms with van der Waals surface area (Å²) < 4.78 is 13.9. The van der Waals surface area contributed by atoms with E-state index in [0.717, 1.165) is 0 Å². The molecule has 0 radical (unpaired) electrons. The van der Waals surface area contributed by atoms with Crippen molar-refractivity contribution in [3.63, 3.8) is 0 Å². The molecule has 0 spiro atoms. The van der Waals surface area contributed by atoms with Gasteiger partial charge in [0.15, 0.2) is 0 Å². The highest BCUT2D eigenvalue weighted by Crippen LogP contribution is 2.27. The van der Waals surface area contributed by atoms with Crippen molar-refractivity contribution in [2.24, 2.45) is 11.1 Å². The van der Waals surface area contributed by atoms with Gasteiger partial charge in [0.1, 0.15) is 17.4 Å². The largest absolute Gasteiger partial charge is 0.369 e. The minimum absolute atomic E-state index is 0.0608. The molecule has 0 atom stereocenters. The van der Waals surface area contributed by atoms with Crippen LogP contribution in [0.25, 0.3) is 0 Å². The molecule has 1 amide bonds. The lowest BCUT2D eigenvalue weighted by Gasteiger charge is -2.20. The van der Waals surface area contributed by atoms with Crippen molar-refractivity contribution < 1.29 is 9.18 Å². The molecule has 5 heteroatoms. The first kappa shape index (κ1) is 13.5. The Morgan fingerprint density at radius 2 is 2.18 bits per heavy atom. The van der Waals surface area contributed by atoms with E-state index in [9.17, 15) is 9.18 Å². The topological polar surface area (TPSA) is 66.9 Å². The van der Waals surface area contributed by atoms with Crippen LogP contribution in [0.5, 0.6) is 0 Å². The number of carbonyl (C=O) groups is 1. The van der Waals surface area contributed by atoms with Crippen LogP contribution < -0.4 is 5.73 Å². The average Bonchev–Trinajstić information content (AvgIpc) is 2.23. The van der Waals surface area contributed by atoms with E-state index in [-0.39, 0.29) is 22.6 Å². The fourth-order valence-electron chi connectivity index (χ4n) is 1.40. The van der Waals surface area contributed by atoms with Gasteiger partial charge in [-0.1, -0.05) is 31.5 Å². The van der Waals surface area contributed by atoms with E-state index in [1.165, 1.54) is 12.1 Å². The molecule has 90 valence electrons. The normalized spacial score (nSPS) is 11.0. The van der Waals surface area contributed by atoms with Gasteiger partial charge in [0, 0.05) is 5.41 Å². The maximum atomic E-state index is 13.9. The molecule has 0 aromatic heterocycles. The van der Waals surface area contributed by atoms with Crippen molar-refractivity contribution >= 4 is 17.5 Å². The van der Waals surface area contributed by atoms with Crippen LogP contribution in [-0.4, -0.2) is 5.91 Å². The number of nitrogens with two attached hydrogens (primary N) is 1. The molecule has 0 heterocycles. The van der Waals surface area contributed by atoms with Crippen LogP contribution in [0.3, 0.4) is 0 Å². The third-order valence-corrected chi connectivity index (χ3v) is 2.90. The number of carbonyl (C=O) groups excluding carboxylic acids is 1. The van der Waals surface area contributed by atoms with Gasteiger partial charge in [-0.3, -0.25) is 4.79 Å². The standard InChI is InChI=1S/C12H12ClFN2O/c1-12(2,11(16)17)5-7-3-4-9(13)8(6-15)10(7)14/h3-4H,5H2,1-2H3,(H2,16,17). The van der Waals surface area contributed by atoms with Gasteiger partial charge in [-0.2, -0.15) is 5.26 Å². The van der Waals surface area contributed by atoms with Gasteiger partial charge in [0.05, 0.1) is 5.02 Å². The van der Waals surface area contributed by atoms with Crippen molar-refractivity contribution in [1.29, 1.82) is 5.26 Å². The summed E-state index contributed by atoms with van der Waals surface area (Å²) in [7, 11) is 0. The second kappa shape index (κ2) is 4.72. The van der Waals surface area contributed by atoms with Crippen molar-refractivity contribution in [1.82, 2.24) is 0 Å². The number of hydrogen-bond donors (Lipinski definition) is 1. The first-order valence-electron chi connectivity index (χ1n) is 4.96. The van der Waals surface area contributed by atoms with Crippen molar-refractivity contribution in [2.75, 3.05) is 0 Å². The van der Waals surface area contributed by atoms with Crippen molar-refractivity contribution in [3.8, 4) is 6.07 Å². The van der Waals surface area contributed by atoms with Crippen LogP contribution in [0.15, 0.2) is 12.1 Å². The lowest BCUT2D eigenvalue weighted by atomic mass is 9.84. The van der Waals surface area contributed by atoms with E-state index in [2.05, 4.69) is 0 Å². The van der Waals surface area contributed by atoms with E-state index in [1.807, 2.05) is 0 Å². The molecule has 1 aromatic rings. The molecule has 17 heavy (non-hydrogen) atoms. The molecule has 0 saturated carbocycles. The Hall–Kier alpha value is -1.60. The summed E-state index contributed by atoms with van der Waals surface area (Å²) in [4.78, 5) is 11.2. The van der Waals surface area contributed by atoms with Gasteiger partial charge < -0.3 is 5.73 Å². The molecule has 2 N–H and O–H groups in total. The number of rotatable bonds is 3. The zero-order chi connectivity index (χ0) is 13.2. The smallest absolute Gasteiger partial charge is 0.223 e. The average molecular weight is 255 g/mol. The fraction of sp³-hybridized carbons (Fsp3) is 0.333. The van der Waals surface area contributed by atoms with Gasteiger partial charge in [-0.15, -0.1) is 0 Å². The zero-order valence-electron chi connectivity index (χ0n) is 9.55. The predicted octanol–water partition coefficient (Wildman–Crippen LogP) is 2.40. The summed E-state index contributed by atoms with van der Waals surface area (Å²) in [5.41, 5.74) is 4.40. The Morgan fingerprint density at radius 3 is 2.65 bits per heavy atom. The summed E-state index contributed by atoms with van der Waals surface area (Å²) in [6, 6.07) is 4.60. The van der Waals surface area contributed by atoms with E-state index in [1.54, 1.807) is 19.9 Å². The number of nitriles is 1. The summed E-state index contributed by atoms with van der Waals surface area (Å²) in [5, 5.41) is 8.83. The van der Waals surface area contributed by atoms with Crippen LogP contribution in [0.1, 0.15) is 25.0 Å². The number of benzene rings is 1. The minimum Gasteiger partial charge on any atom is -0.369 e. The monoisotopic (exact) mass is 254 g/mol. The third kappa shape index (κ3) is 2.75. The van der Waals surface area contributed by atoms with E-state index in [4.69, 9.17) is 22.6 Å². The Bertz CT molecular complexity index is 506. The third-order valence-electron chi connectivity index (χ3n) is 2.58. The molecule has 0 aliphatic carbocycles. The van der Waals surface area contributed by atoms with Crippen LogP contribution in [0.4, 0.5) is 4.39 Å². The predicted molar refractivity (Wildman–Crippen MR) is 62.8 cm³/mol. The number of hydrogen-bond acceptors (Lipinski definition) is 2. The number of halogens is 2. The minimum atomic E-state index is -0.874. The molecular weight excluding hydrogens is 243 g/mol. The maximum absolute atomic E-state index is 13.9. The second-order valence-electron chi connectivity index (χ2n) is 4.43. The first-order chi connectivity index (χ1) is 7.79. The molecule has 0 unspecified atom stereocenters. The number of amides is 1. The lowest BCUT2D eigenvalue weighted by molar-refractivity contribution is -0.125. The lowest BCUT2D eigenvalue weighted by Crippen LogP contribution is -2.33. The maximum Gasteiger partial charge on any atom is 0.223 e. The molecule has 0 saturated heterocycles. The van der Waals surface area contributed by atoms with Gasteiger partial charge in [0.25, 0.3) is 0 Å². The molecule has 0 aliphatic rings. The van der Waals surface area contributed by atoms with Crippen LogP contribution in [0, 0.1) is 22.6 Å². The van der Waals surface area contributed by atoms with Crippen molar-refractivity contribution in [2.45, 2.75) is 20.3 Å². The van der Waals surface area contributed by atoms with Gasteiger partial charge in [-0.25, -0.2) is 4.39 Å². The van der Waals surface area contributed by atoms with Gasteiger partial charge >= 0.3 is 0 Å². The Morgan fingerprint density at radius 1 is 1.59 bits per heavy atom. The summed E-state index contributed by atoms with van der Waals surface area (Å²) in [5.74, 6) is -1.21. The highest BCUT2D eigenvalue weighted by molar-refractivity contribution is 6.31. The fourth-order valence-corrected chi connectivity index (χ4v) is 1.59. The Labute approximate surface area is 104 Å². The van der Waals surface area contributed by atoms with Crippen LogP contribution >= 0.6 is 11.6 Å². The van der Waals surface area contributed by atoms with Crippen molar-refractivity contribution in [3.05, 3.63) is 34.1 Å². The molecule has 1 rings (SSSR count). The molecule has 0 bridgehead atoms. The van der Waals surface area contributed by atoms with E-state index >= 15 is 0 Å². The van der Waals surface area contributed by atoms with E-state index in [0.29, 0.717) is 0 Å². The summed E-state index contributed by atoms with van der Waals surface area (Å²) in [6.07, 6.45) is 0.125. The summed E-state index contributed by atoms with van der Waals surface area (Å²) in [6.45, 7) is 3.24. The first-order valence-corrected chi connectivity index (χ1v) is 5.34. The SMILES string of the molecule is CC(C)(Cc1ccc(Cl)c(C#N)c1F)C(N)=O. The summed E-state index contributed by atoms with van der Waals surface area (Å²) >= 11 is 5.68. The van der Waals surface area contributed by atoms with Crippen LogP contribution in [-0.2, 0) is 11.2 Å². The highest BCUT2D eigenvalue weighted by Gasteiger charge is 2.27. The van der Waals surface area contributed by atoms with Crippen LogP contribution in [0.2, 0.25) is 5.02 Å². The van der Waals surface area contributed by atoms with Gasteiger partial charge in [0.2, 0.25) is 5.91 Å². The zero-order valence-corrected chi connectivity index (χ0v) is 10.3. The number of primary amides is 1. The Balaban J connectivity index is 3.19.